The number of rotatable bonds is 6. The molecule has 0 amide bonds. The highest BCUT2D eigenvalue weighted by Gasteiger charge is 2.12. The van der Waals surface area contributed by atoms with E-state index in [-0.39, 0.29) is 0 Å². The van der Waals surface area contributed by atoms with E-state index in [2.05, 4.69) is 50.2 Å². The van der Waals surface area contributed by atoms with E-state index in [0.717, 1.165) is 24.1 Å². The fourth-order valence-electron chi connectivity index (χ4n) is 2.06. The number of hydrogen-bond donors (Lipinski definition) is 1. The van der Waals surface area contributed by atoms with Crippen LogP contribution in [0.3, 0.4) is 0 Å². The van der Waals surface area contributed by atoms with E-state index in [1.165, 1.54) is 11.3 Å². The smallest absolute Gasteiger partial charge is 0.0663 e. The standard InChI is InChI=1S/C14H19BrN4/c1-18-14(13(15)9-17-18)11-19(8-7-16)10-12-5-3-2-4-6-12/h2-6,9H,7-8,10-11,16H2,1H3. The topological polar surface area (TPSA) is 47.1 Å². The Morgan fingerprint density at radius 3 is 2.58 bits per heavy atom. The van der Waals surface area contributed by atoms with Crippen molar-refractivity contribution in [3.63, 3.8) is 0 Å². The lowest BCUT2D eigenvalue weighted by atomic mass is 10.2. The molecule has 0 saturated heterocycles. The average Bonchev–Trinajstić information content (AvgIpc) is 2.72. The van der Waals surface area contributed by atoms with E-state index in [4.69, 9.17) is 5.73 Å². The van der Waals surface area contributed by atoms with Crippen molar-refractivity contribution in [2.45, 2.75) is 13.1 Å². The van der Waals surface area contributed by atoms with Crippen LogP contribution in [-0.4, -0.2) is 27.8 Å². The summed E-state index contributed by atoms with van der Waals surface area (Å²) in [7, 11) is 1.96. The Morgan fingerprint density at radius 1 is 1.26 bits per heavy atom. The first-order valence-electron chi connectivity index (χ1n) is 6.33. The number of nitrogens with zero attached hydrogens (tertiary/aromatic N) is 3. The van der Waals surface area contributed by atoms with Crippen molar-refractivity contribution < 1.29 is 0 Å². The van der Waals surface area contributed by atoms with Gasteiger partial charge in [-0.2, -0.15) is 5.10 Å². The lowest BCUT2D eigenvalue weighted by Gasteiger charge is -2.22. The van der Waals surface area contributed by atoms with Crippen LogP contribution in [0, 0.1) is 0 Å². The Balaban J connectivity index is 2.08. The summed E-state index contributed by atoms with van der Waals surface area (Å²) in [5, 5.41) is 4.25. The van der Waals surface area contributed by atoms with Crippen LogP contribution in [0.2, 0.25) is 0 Å². The minimum Gasteiger partial charge on any atom is -0.329 e. The molecule has 2 N–H and O–H groups in total. The Labute approximate surface area is 122 Å². The molecule has 5 heteroatoms. The van der Waals surface area contributed by atoms with Crippen LogP contribution in [0.15, 0.2) is 41.0 Å². The molecule has 0 radical (unpaired) electrons. The van der Waals surface area contributed by atoms with Crippen LogP contribution >= 0.6 is 15.9 Å². The molecule has 102 valence electrons. The third kappa shape index (κ3) is 3.89. The predicted octanol–water partition coefficient (Wildman–Crippen LogP) is 2.14. The normalized spacial score (nSPS) is 11.2. The van der Waals surface area contributed by atoms with Crippen LogP contribution in [0.25, 0.3) is 0 Å². The molecule has 4 nitrogen and oxygen atoms in total. The van der Waals surface area contributed by atoms with E-state index < -0.39 is 0 Å². The molecule has 0 atom stereocenters. The van der Waals surface area contributed by atoms with Gasteiger partial charge in [0.05, 0.1) is 16.4 Å². The van der Waals surface area contributed by atoms with Gasteiger partial charge in [-0.25, -0.2) is 0 Å². The Morgan fingerprint density at radius 2 is 2.00 bits per heavy atom. The van der Waals surface area contributed by atoms with E-state index in [1.54, 1.807) is 0 Å². The third-order valence-electron chi connectivity index (χ3n) is 3.08. The minimum atomic E-state index is 0.655. The summed E-state index contributed by atoms with van der Waals surface area (Å²) in [6, 6.07) is 10.4. The fraction of sp³-hybridized carbons (Fsp3) is 0.357. The van der Waals surface area contributed by atoms with Crippen molar-refractivity contribution in [1.29, 1.82) is 0 Å². The Bertz CT molecular complexity index is 490. The summed E-state index contributed by atoms with van der Waals surface area (Å²) >= 11 is 3.54. The molecule has 0 aliphatic carbocycles. The van der Waals surface area contributed by atoms with Gasteiger partial charge in [0, 0.05) is 33.2 Å². The maximum Gasteiger partial charge on any atom is 0.0663 e. The van der Waals surface area contributed by atoms with Crippen molar-refractivity contribution in [3.8, 4) is 0 Å². The third-order valence-corrected chi connectivity index (χ3v) is 3.74. The maximum absolute atomic E-state index is 5.71. The highest BCUT2D eigenvalue weighted by molar-refractivity contribution is 9.10. The van der Waals surface area contributed by atoms with Gasteiger partial charge in [0.1, 0.15) is 0 Å². The monoisotopic (exact) mass is 322 g/mol. The summed E-state index contributed by atoms with van der Waals surface area (Å²) in [5.41, 5.74) is 8.18. The van der Waals surface area contributed by atoms with Crippen LogP contribution in [0.5, 0.6) is 0 Å². The average molecular weight is 323 g/mol. The van der Waals surface area contributed by atoms with Crippen molar-refractivity contribution in [2.75, 3.05) is 13.1 Å². The zero-order valence-electron chi connectivity index (χ0n) is 11.1. The quantitative estimate of drug-likeness (QED) is 0.886. The first kappa shape index (κ1) is 14.2. The molecular formula is C14H19BrN4. The van der Waals surface area contributed by atoms with Gasteiger partial charge >= 0.3 is 0 Å². The molecule has 0 fully saturated rings. The SMILES string of the molecule is Cn1ncc(Br)c1CN(CCN)Cc1ccccc1. The largest absolute Gasteiger partial charge is 0.329 e. The van der Waals surface area contributed by atoms with E-state index >= 15 is 0 Å². The number of nitrogens with two attached hydrogens (primary N) is 1. The van der Waals surface area contributed by atoms with Gasteiger partial charge in [0.25, 0.3) is 0 Å². The lowest BCUT2D eigenvalue weighted by molar-refractivity contribution is 0.257. The van der Waals surface area contributed by atoms with E-state index in [0.29, 0.717) is 6.54 Å². The molecule has 1 aromatic carbocycles. The highest BCUT2D eigenvalue weighted by atomic mass is 79.9. The number of halogens is 1. The van der Waals surface area contributed by atoms with Gasteiger partial charge in [0.2, 0.25) is 0 Å². The molecule has 19 heavy (non-hydrogen) atoms. The summed E-state index contributed by atoms with van der Waals surface area (Å²) in [5.74, 6) is 0. The van der Waals surface area contributed by atoms with Gasteiger partial charge in [-0.1, -0.05) is 30.3 Å². The number of hydrogen-bond acceptors (Lipinski definition) is 3. The second-order valence-electron chi connectivity index (χ2n) is 4.55. The van der Waals surface area contributed by atoms with Gasteiger partial charge in [-0.15, -0.1) is 0 Å². The second kappa shape index (κ2) is 6.84. The molecule has 0 unspecified atom stereocenters. The number of aryl methyl sites for hydroxylation is 1. The van der Waals surface area contributed by atoms with Crippen LogP contribution in [-0.2, 0) is 20.1 Å². The molecule has 0 spiro atoms. The maximum atomic E-state index is 5.71. The Kier molecular flexibility index (Phi) is 5.13. The number of benzene rings is 1. The molecule has 0 aliphatic rings. The molecule has 1 aromatic heterocycles. The summed E-state index contributed by atoms with van der Waals surface area (Å²) < 4.78 is 2.95. The zero-order valence-corrected chi connectivity index (χ0v) is 12.7. The van der Waals surface area contributed by atoms with E-state index in [1.807, 2.05) is 24.0 Å². The van der Waals surface area contributed by atoms with Crippen molar-refractivity contribution in [2.24, 2.45) is 12.8 Å². The molecule has 1 heterocycles. The molecule has 0 bridgehead atoms. The first-order chi connectivity index (χ1) is 9.20. The molecule has 2 aromatic rings. The lowest BCUT2D eigenvalue weighted by Crippen LogP contribution is -2.29. The second-order valence-corrected chi connectivity index (χ2v) is 5.40. The van der Waals surface area contributed by atoms with Gasteiger partial charge < -0.3 is 5.73 Å². The zero-order chi connectivity index (χ0) is 13.7. The van der Waals surface area contributed by atoms with Crippen molar-refractivity contribution >= 4 is 15.9 Å². The first-order valence-corrected chi connectivity index (χ1v) is 7.12. The van der Waals surface area contributed by atoms with Crippen molar-refractivity contribution in [3.05, 3.63) is 52.3 Å². The molecular weight excluding hydrogens is 304 g/mol. The summed E-state index contributed by atoms with van der Waals surface area (Å²) in [6.07, 6.45) is 1.83. The fourth-order valence-corrected chi connectivity index (χ4v) is 2.54. The van der Waals surface area contributed by atoms with Crippen LogP contribution < -0.4 is 5.73 Å². The van der Waals surface area contributed by atoms with Gasteiger partial charge in [-0.05, 0) is 21.5 Å². The van der Waals surface area contributed by atoms with Crippen LogP contribution in [0.1, 0.15) is 11.3 Å². The van der Waals surface area contributed by atoms with Gasteiger partial charge in [0.15, 0.2) is 0 Å². The minimum absolute atomic E-state index is 0.655. The van der Waals surface area contributed by atoms with Gasteiger partial charge in [-0.3, -0.25) is 9.58 Å². The summed E-state index contributed by atoms with van der Waals surface area (Å²) in [6.45, 7) is 3.26. The molecule has 0 saturated carbocycles. The predicted molar refractivity (Wildman–Crippen MR) is 80.5 cm³/mol. The van der Waals surface area contributed by atoms with E-state index in [9.17, 15) is 0 Å². The number of aromatic nitrogens is 2. The molecule has 2 rings (SSSR count). The highest BCUT2D eigenvalue weighted by Crippen LogP contribution is 2.18. The van der Waals surface area contributed by atoms with Crippen molar-refractivity contribution in [1.82, 2.24) is 14.7 Å². The molecule has 0 aliphatic heterocycles. The summed E-state index contributed by atoms with van der Waals surface area (Å²) in [4.78, 5) is 2.33. The Hall–Kier alpha value is -1.17. The van der Waals surface area contributed by atoms with Crippen LogP contribution in [0.4, 0.5) is 0 Å².